The molecule has 0 aliphatic carbocycles. The Hall–Kier alpha value is -2.02. The molecule has 7 nitrogen and oxygen atoms in total. The van der Waals surface area contributed by atoms with Crippen LogP contribution in [0.5, 0.6) is 0 Å². The van der Waals surface area contributed by atoms with Crippen molar-refractivity contribution in [1.82, 2.24) is 19.5 Å². The number of hydrogen-bond acceptors (Lipinski definition) is 5. The number of aliphatic hydroxyl groups is 1. The van der Waals surface area contributed by atoms with Crippen molar-refractivity contribution in [3.63, 3.8) is 0 Å². The molecule has 2 aromatic heterocycles. The molecule has 0 saturated heterocycles. The van der Waals surface area contributed by atoms with Crippen LogP contribution in [-0.2, 0) is 11.3 Å². The smallest absolute Gasteiger partial charge is 0.222 e. The van der Waals surface area contributed by atoms with Crippen LogP contribution < -0.4 is 5.32 Å². The highest BCUT2D eigenvalue weighted by Crippen LogP contribution is 2.17. The highest BCUT2D eigenvalue weighted by molar-refractivity contribution is 5.95. The molecule has 0 aliphatic heterocycles. The zero-order valence-electron chi connectivity index (χ0n) is 9.58. The maximum absolute atomic E-state index is 11.0. The van der Waals surface area contributed by atoms with E-state index >= 15 is 0 Å². The van der Waals surface area contributed by atoms with E-state index in [-0.39, 0.29) is 5.91 Å². The van der Waals surface area contributed by atoms with Crippen LogP contribution in [0, 0.1) is 0 Å². The Bertz CT molecular complexity index is 549. The van der Waals surface area contributed by atoms with Gasteiger partial charge in [-0.2, -0.15) is 0 Å². The largest absolute Gasteiger partial charge is 0.392 e. The van der Waals surface area contributed by atoms with E-state index in [0.29, 0.717) is 23.5 Å². The third kappa shape index (κ3) is 2.39. The molecule has 2 aromatic rings. The first kappa shape index (κ1) is 11.5. The van der Waals surface area contributed by atoms with E-state index in [4.69, 9.17) is 0 Å². The number of nitrogens with one attached hydrogen (secondary N) is 1. The number of amides is 1. The number of aliphatic hydroxyl groups excluding tert-OH is 1. The highest BCUT2D eigenvalue weighted by atomic mass is 16.3. The molecule has 2 heterocycles. The van der Waals surface area contributed by atoms with Crippen LogP contribution in [0.2, 0.25) is 0 Å². The van der Waals surface area contributed by atoms with Crippen LogP contribution in [0.15, 0.2) is 12.7 Å². The van der Waals surface area contributed by atoms with Crippen LogP contribution in [0.4, 0.5) is 5.82 Å². The van der Waals surface area contributed by atoms with Gasteiger partial charge in [-0.25, -0.2) is 15.0 Å². The first-order valence-corrected chi connectivity index (χ1v) is 5.19. The highest BCUT2D eigenvalue weighted by Gasteiger charge is 2.11. The minimum Gasteiger partial charge on any atom is -0.392 e. The molecular weight excluding hydrogens is 222 g/mol. The Kier molecular flexibility index (Phi) is 3.01. The number of hydrogen-bond donors (Lipinski definition) is 2. The first-order chi connectivity index (χ1) is 8.08. The summed E-state index contributed by atoms with van der Waals surface area (Å²) in [4.78, 5) is 23.2. The molecule has 90 valence electrons. The Morgan fingerprint density at radius 1 is 1.53 bits per heavy atom. The van der Waals surface area contributed by atoms with Gasteiger partial charge in [0, 0.05) is 6.92 Å². The number of fused-ring (bicyclic) bond motifs is 1. The molecule has 7 heteroatoms. The number of anilines is 1. The number of carbonyl (C=O) groups excluding carboxylic acids is 1. The molecule has 1 unspecified atom stereocenters. The summed E-state index contributed by atoms with van der Waals surface area (Å²) in [6.07, 6.45) is 2.43. The van der Waals surface area contributed by atoms with Gasteiger partial charge in [-0.15, -0.1) is 0 Å². The van der Waals surface area contributed by atoms with Crippen LogP contribution >= 0.6 is 0 Å². The number of imidazole rings is 1. The first-order valence-electron chi connectivity index (χ1n) is 5.19. The summed E-state index contributed by atoms with van der Waals surface area (Å²) in [6.45, 7) is 3.48. The van der Waals surface area contributed by atoms with Gasteiger partial charge in [-0.05, 0) is 6.92 Å². The van der Waals surface area contributed by atoms with E-state index in [1.54, 1.807) is 17.8 Å². The quantitative estimate of drug-likeness (QED) is 0.790. The number of aromatic nitrogens is 4. The molecule has 0 bridgehead atoms. The summed E-state index contributed by atoms with van der Waals surface area (Å²) in [5, 5.41) is 11.9. The fraction of sp³-hybridized carbons (Fsp3) is 0.400. The van der Waals surface area contributed by atoms with Crippen molar-refractivity contribution < 1.29 is 9.90 Å². The molecule has 1 amide bonds. The van der Waals surface area contributed by atoms with Crippen molar-refractivity contribution in [2.45, 2.75) is 26.5 Å². The second-order valence-corrected chi connectivity index (χ2v) is 3.82. The van der Waals surface area contributed by atoms with E-state index in [9.17, 15) is 9.90 Å². The summed E-state index contributed by atoms with van der Waals surface area (Å²) < 4.78 is 1.72. The van der Waals surface area contributed by atoms with E-state index in [2.05, 4.69) is 20.3 Å². The van der Waals surface area contributed by atoms with E-state index in [0.717, 1.165) is 0 Å². The van der Waals surface area contributed by atoms with Crippen LogP contribution in [-0.4, -0.2) is 36.6 Å². The average Bonchev–Trinajstić information content (AvgIpc) is 2.61. The van der Waals surface area contributed by atoms with Gasteiger partial charge < -0.3 is 15.0 Å². The van der Waals surface area contributed by atoms with Gasteiger partial charge in [0.15, 0.2) is 17.0 Å². The monoisotopic (exact) mass is 235 g/mol. The van der Waals surface area contributed by atoms with E-state index in [1.807, 2.05) is 0 Å². The van der Waals surface area contributed by atoms with Crippen molar-refractivity contribution in [3.05, 3.63) is 12.7 Å². The molecule has 1 atom stereocenters. The normalized spacial score (nSPS) is 12.6. The second kappa shape index (κ2) is 4.46. The van der Waals surface area contributed by atoms with Crippen molar-refractivity contribution in [2.75, 3.05) is 5.32 Å². The van der Waals surface area contributed by atoms with E-state index < -0.39 is 6.10 Å². The summed E-state index contributed by atoms with van der Waals surface area (Å²) >= 11 is 0. The number of carbonyl (C=O) groups is 1. The van der Waals surface area contributed by atoms with Crippen LogP contribution in [0.1, 0.15) is 13.8 Å². The zero-order valence-corrected chi connectivity index (χ0v) is 9.58. The summed E-state index contributed by atoms with van der Waals surface area (Å²) in [7, 11) is 0. The summed E-state index contributed by atoms with van der Waals surface area (Å²) in [5.41, 5.74) is 1.10. The third-order valence-corrected chi connectivity index (χ3v) is 2.16. The fourth-order valence-corrected chi connectivity index (χ4v) is 1.56. The minimum absolute atomic E-state index is 0.213. The Morgan fingerprint density at radius 3 is 2.94 bits per heavy atom. The fourth-order valence-electron chi connectivity index (χ4n) is 1.56. The number of rotatable bonds is 3. The molecule has 0 radical (unpaired) electrons. The predicted octanol–water partition coefficient (Wildman–Crippen LogP) is 0.165. The maximum atomic E-state index is 11.0. The lowest BCUT2D eigenvalue weighted by atomic mass is 10.4. The van der Waals surface area contributed by atoms with Gasteiger partial charge in [0.25, 0.3) is 0 Å². The zero-order chi connectivity index (χ0) is 12.4. The molecule has 2 N–H and O–H groups in total. The van der Waals surface area contributed by atoms with Gasteiger partial charge in [0.2, 0.25) is 5.91 Å². The molecule has 17 heavy (non-hydrogen) atoms. The Labute approximate surface area is 97.5 Å². The van der Waals surface area contributed by atoms with Crippen LogP contribution in [0.25, 0.3) is 11.2 Å². The minimum atomic E-state index is -0.494. The van der Waals surface area contributed by atoms with Gasteiger partial charge >= 0.3 is 0 Å². The topological polar surface area (TPSA) is 92.9 Å². The third-order valence-electron chi connectivity index (χ3n) is 2.16. The lowest BCUT2D eigenvalue weighted by Gasteiger charge is -2.06. The maximum Gasteiger partial charge on any atom is 0.222 e. The molecule has 2 rings (SSSR count). The Balaban J connectivity index is 2.45. The van der Waals surface area contributed by atoms with Crippen molar-refractivity contribution in [3.8, 4) is 0 Å². The lowest BCUT2D eigenvalue weighted by Crippen LogP contribution is -2.12. The average molecular weight is 235 g/mol. The molecule has 0 aromatic carbocycles. The molecule has 0 fully saturated rings. The van der Waals surface area contributed by atoms with Crippen molar-refractivity contribution in [2.24, 2.45) is 0 Å². The standard InChI is InChI=1S/C10H13N5O2/c1-6(16)3-15-5-13-8-9(14-7(2)17)11-4-12-10(8)15/h4-6,16H,3H2,1-2H3,(H,11,12,14,17). The molecule has 0 saturated carbocycles. The van der Waals surface area contributed by atoms with Crippen molar-refractivity contribution in [1.29, 1.82) is 0 Å². The van der Waals surface area contributed by atoms with Gasteiger partial charge in [0.05, 0.1) is 19.0 Å². The second-order valence-electron chi connectivity index (χ2n) is 3.82. The summed E-state index contributed by atoms with van der Waals surface area (Å²) in [5.74, 6) is 0.168. The van der Waals surface area contributed by atoms with Gasteiger partial charge in [0.1, 0.15) is 6.33 Å². The van der Waals surface area contributed by atoms with E-state index in [1.165, 1.54) is 13.3 Å². The van der Waals surface area contributed by atoms with Gasteiger partial charge in [-0.1, -0.05) is 0 Å². The predicted molar refractivity (Wildman–Crippen MR) is 61.3 cm³/mol. The molecular formula is C10H13N5O2. The molecule has 0 spiro atoms. The Morgan fingerprint density at radius 2 is 2.29 bits per heavy atom. The SMILES string of the molecule is CC(=O)Nc1ncnc2c1ncn2CC(C)O. The number of nitrogens with zero attached hydrogens (tertiary/aromatic N) is 4. The molecule has 0 aliphatic rings. The van der Waals surface area contributed by atoms with Crippen LogP contribution in [0.3, 0.4) is 0 Å². The lowest BCUT2D eigenvalue weighted by molar-refractivity contribution is -0.114. The van der Waals surface area contributed by atoms with Gasteiger partial charge in [-0.3, -0.25) is 4.79 Å². The summed E-state index contributed by atoms with van der Waals surface area (Å²) in [6, 6.07) is 0. The van der Waals surface area contributed by atoms with Crippen molar-refractivity contribution >= 4 is 22.9 Å².